The van der Waals surface area contributed by atoms with Gasteiger partial charge >= 0.3 is 17.9 Å². The molecule has 0 saturated carbocycles. The van der Waals surface area contributed by atoms with Crippen LogP contribution in [-0.4, -0.2) is 37.2 Å². The Morgan fingerprint density at radius 2 is 0.549 bits per heavy atom. The third-order valence-corrected chi connectivity index (χ3v) is 13.2. The van der Waals surface area contributed by atoms with E-state index in [1.54, 1.807) is 0 Å². The molecule has 0 saturated heterocycles. The second-order valence-corrected chi connectivity index (χ2v) is 20.2. The van der Waals surface area contributed by atoms with Crippen LogP contribution < -0.4 is 0 Å². The number of carbonyl (C=O) groups is 3. The number of hydrogen-bond donors (Lipinski definition) is 0. The quantitative estimate of drug-likeness (QED) is 0.0261. The molecule has 0 rings (SSSR count). The summed E-state index contributed by atoms with van der Waals surface area (Å²) in [4.78, 5) is 38.0. The summed E-state index contributed by atoms with van der Waals surface area (Å²) in [5.41, 5.74) is 0. The molecular weight excluding hydrogens is 877 g/mol. The van der Waals surface area contributed by atoms with Gasteiger partial charge in [0.2, 0.25) is 0 Å². The van der Waals surface area contributed by atoms with Crippen LogP contribution in [0.15, 0.2) is 72.9 Å². The van der Waals surface area contributed by atoms with E-state index in [0.717, 1.165) is 89.9 Å². The van der Waals surface area contributed by atoms with Crippen LogP contribution in [0.5, 0.6) is 0 Å². The van der Waals surface area contributed by atoms with E-state index in [9.17, 15) is 14.4 Å². The van der Waals surface area contributed by atoms with Crippen molar-refractivity contribution in [1.29, 1.82) is 0 Å². The first-order chi connectivity index (χ1) is 35.0. The minimum Gasteiger partial charge on any atom is -0.462 e. The van der Waals surface area contributed by atoms with Crippen LogP contribution in [0.4, 0.5) is 0 Å². The molecule has 0 aliphatic rings. The van der Waals surface area contributed by atoms with Crippen LogP contribution in [0.2, 0.25) is 0 Å². The molecule has 0 aromatic heterocycles. The number of carbonyl (C=O) groups excluding carboxylic acids is 3. The number of ether oxygens (including phenoxy) is 3. The lowest BCUT2D eigenvalue weighted by molar-refractivity contribution is -0.167. The number of rotatable bonds is 55. The van der Waals surface area contributed by atoms with Gasteiger partial charge in [0.05, 0.1) is 0 Å². The molecule has 0 fully saturated rings. The van der Waals surface area contributed by atoms with Crippen LogP contribution in [0, 0.1) is 0 Å². The van der Waals surface area contributed by atoms with Crippen LogP contribution in [0.3, 0.4) is 0 Å². The van der Waals surface area contributed by atoms with E-state index in [4.69, 9.17) is 14.2 Å². The summed E-state index contributed by atoms with van der Waals surface area (Å²) in [5, 5.41) is 0. The second-order valence-electron chi connectivity index (χ2n) is 20.2. The largest absolute Gasteiger partial charge is 0.462 e. The van der Waals surface area contributed by atoms with Gasteiger partial charge in [-0.1, -0.05) is 267 Å². The highest BCUT2D eigenvalue weighted by Gasteiger charge is 2.19. The lowest BCUT2D eigenvalue weighted by atomic mass is 10.0. The van der Waals surface area contributed by atoms with Crippen molar-refractivity contribution in [3.8, 4) is 0 Å². The predicted octanol–water partition coefficient (Wildman–Crippen LogP) is 20.5. The molecule has 0 radical (unpaired) electrons. The first-order valence-corrected chi connectivity index (χ1v) is 30.4. The average molecular weight is 992 g/mol. The van der Waals surface area contributed by atoms with E-state index in [0.29, 0.717) is 19.3 Å². The van der Waals surface area contributed by atoms with Gasteiger partial charge in [0, 0.05) is 19.3 Å². The molecule has 1 atom stereocenters. The number of allylic oxidation sites excluding steroid dienone is 12. The maximum atomic E-state index is 12.8. The van der Waals surface area contributed by atoms with E-state index in [1.807, 2.05) is 0 Å². The first kappa shape index (κ1) is 67.8. The molecule has 410 valence electrons. The maximum Gasteiger partial charge on any atom is 0.306 e. The summed E-state index contributed by atoms with van der Waals surface area (Å²) in [6.45, 7) is 6.50. The Kier molecular flexibility index (Phi) is 56.8. The van der Waals surface area contributed by atoms with Gasteiger partial charge in [0.1, 0.15) is 13.2 Å². The third-order valence-electron chi connectivity index (χ3n) is 13.2. The molecule has 6 nitrogen and oxygen atoms in total. The Hall–Kier alpha value is -3.15. The summed E-state index contributed by atoms with van der Waals surface area (Å²) in [6.07, 6.45) is 76.4. The number of esters is 3. The Bertz CT molecular complexity index is 1320. The van der Waals surface area contributed by atoms with Crippen LogP contribution >= 0.6 is 0 Å². The van der Waals surface area contributed by atoms with Crippen LogP contribution in [0.25, 0.3) is 0 Å². The summed E-state index contributed by atoms with van der Waals surface area (Å²) in [5.74, 6) is -0.878. The Balaban J connectivity index is 4.16. The lowest BCUT2D eigenvalue weighted by Crippen LogP contribution is -2.30. The fraction of sp³-hybridized carbons (Fsp3) is 0.769. The van der Waals surface area contributed by atoms with Gasteiger partial charge in [0.25, 0.3) is 0 Å². The summed E-state index contributed by atoms with van der Waals surface area (Å²) < 4.78 is 16.8. The van der Waals surface area contributed by atoms with Crippen molar-refractivity contribution in [3.05, 3.63) is 72.9 Å². The summed E-state index contributed by atoms with van der Waals surface area (Å²) >= 11 is 0. The van der Waals surface area contributed by atoms with Crippen molar-refractivity contribution >= 4 is 17.9 Å². The normalized spacial score (nSPS) is 12.5. The van der Waals surface area contributed by atoms with E-state index in [1.165, 1.54) is 173 Å². The Morgan fingerprint density at radius 3 is 0.859 bits per heavy atom. The Labute approximate surface area is 440 Å². The van der Waals surface area contributed by atoms with Gasteiger partial charge in [0.15, 0.2) is 6.10 Å². The minimum absolute atomic E-state index is 0.0755. The van der Waals surface area contributed by atoms with E-state index in [-0.39, 0.29) is 31.1 Å². The van der Waals surface area contributed by atoms with Gasteiger partial charge in [-0.25, -0.2) is 0 Å². The number of hydrogen-bond acceptors (Lipinski definition) is 6. The van der Waals surface area contributed by atoms with E-state index in [2.05, 4.69) is 93.7 Å². The molecule has 6 heteroatoms. The SMILES string of the molecule is CC/C=C\C/C=C\C/C=C\C/C=C\CCCCCCCCCCCCC(=O)OCC(COC(=O)CCCCCCCCC)OC(=O)CCCCCCCCCCCCC/C=C\C/C=C\CCCCCCC. The van der Waals surface area contributed by atoms with Crippen molar-refractivity contribution in [2.75, 3.05) is 13.2 Å². The molecule has 0 bridgehead atoms. The molecule has 1 unspecified atom stereocenters. The zero-order chi connectivity index (χ0) is 51.4. The highest BCUT2D eigenvalue weighted by molar-refractivity contribution is 5.71. The highest BCUT2D eigenvalue weighted by atomic mass is 16.6. The predicted molar refractivity (Wildman–Crippen MR) is 307 cm³/mol. The fourth-order valence-corrected chi connectivity index (χ4v) is 8.64. The van der Waals surface area contributed by atoms with Gasteiger partial charge in [-0.2, -0.15) is 0 Å². The molecule has 0 amide bonds. The molecular formula is C65H114O6. The smallest absolute Gasteiger partial charge is 0.306 e. The first-order valence-electron chi connectivity index (χ1n) is 30.4. The average Bonchev–Trinajstić information content (AvgIpc) is 3.37. The van der Waals surface area contributed by atoms with Crippen molar-refractivity contribution < 1.29 is 28.6 Å². The highest BCUT2D eigenvalue weighted by Crippen LogP contribution is 2.16. The standard InChI is InChI=1S/C65H114O6/c1-4-7-10-13-16-18-20-22-24-26-28-30-32-34-36-38-40-42-44-46-49-52-55-58-64(67)70-61-62(60-69-63(66)57-54-51-48-15-12-9-6-3)71-65(68)59-56-53-50-47-45-43-41-39-37-35-33-31-29-27-25-23-21-19-17-14-11-8-5-2/h7,10,16,18,21-24,27-30,62H,4-6,8-9,11-15,17,19-20,25-26,31-61H2,1-3H3/b10-7-,18-16-,23-21-,24-22-,29-27-,30-28-. The molecule has 0 aromatic rings. The number of unbranched alkanes of at least 4 members (excludes halogenated alkanes) is 32. The van der Waals surface area contributed by atoms with Gasteiger partial charge < -0.3 is 14.2 Å². The van der Waals surface area contributed by atoms with E-state index < -0.39 is 6.10 Å². The summed E-state index contributed by atoms with van der Waals surface area (Å²) in [6, 6.07) is 0. The van der Waals surface area contributed by atoms with Crippen molar-refractivity contribution in [3.63, 3.8) is 0 Å². The molecule has 0 aliphatic carbocycles. The summed E-state index contributed by atoms with van der Waals surface area (Å²) in [7, 11) is 0. The van der Waals surface area contributed by atoms with Crippen molar-refractivity contribution in [1.82, 2.24) is 0 Å². The molecule has 0 N–H and O–H groups in total. The molecule has 71 heavy (non-hydrogen) atoms. The Morgan fingerprint density at radius 1 is 0.296 bits per heavy atom. The minimum atomic E-state index is -0.775. The topological polar surface area (TPSA) is 78.9 Å². The van der Waals surface area contributed by atoms with E-state index >= 15 is 0 Å². The molecule has 0 heterocycles. The maximum absolute atomic E-state index is 12.8. The third kappa shape index (κ3) is 57.6. The van der Waals surface area contributed by atoms with Crippen molar-refractivity contribution in [2.45, 2.75) is 309 Å². The monoisotopic (exact) mass is 991 g/mol. The lowest BCUT2D eigenvalue weighted by Gasteiger charge is -2.18. The molecule has 0 aliphatic heterocycles. The molecule has 0 spiro atoms. The van der Waals surface area contributed by atoms with Gasteiger partial charge in [-0.05, 0) is 89.9 Å². The zero-order valence-electron chi connectivity index (χ0n) is 47.0. The van der Waals surface area contributed by atoms with Gasteiger partial charge in [-0.15, -0.1) is 0 Å². The van der Waals surface area contributed by atoms with Crippen molar-refractivity contribution in [2.24, 2.45) is 0 Å². The second kappa shape index (κ2) is 59.4. The molecule has 0 aromatic carbocycles. The fourth-order valence-electron chi connectivity index (χ4n) is 8.64. The zero-order valence-corrected chi connectivity index (χ0v) is 47.0. The van der Waals surface area contributed by atoms with Gasteiger partial charge in [-0.3, -0.25) is 14.4 Å². The van der Waals surface area contributed by atoms with Crippen LogP contribution in [-0.2, 0) is 28.6 Å². The van der Waals surface area contributed by atoms with Crippen LogP contribution in [0.1, 0.15) is 303 Å².